The second-order valence-corrected chi connectivity index (χ2v) is 8.41. The van der Waals surface area contributed by atoms with Crippen molar-refractivity contribution in [2.24, 2.45) is 0 Å². The first-order valence-corrected chi connectivity index (χ1v) is 11.6. The van der Waals surface area contributed by atoms with Gasteiger partial charge in [-0.15, -0.1) is 0 Å². The fourth-order valence-electron chi connectivity index (χ4n) is 5.23. The molecule has 3 aliphatic heterocycles. The molecule has 8 heteroatoms. The van der Waals surface area contributed by atoms with Crippen molar-refractivity contribution >= 4 is 28.8 Å². The zero-order chi connectivity index (χ0) is 24.9. The monoisotopic (exact) mass is 477 g/mol. The normalized spacial score (nSPS) is 19.6. The summed E-state index contributed by atoms with van der Waals surface area (Å²) in [7, 11) is 1.54. The van der Waals surface area contributed by atoms with Crippen LogP contribution >= 0.6 is 0 Å². The summed E-state index contributed by atoms with van der Waals surface area (Å²) in [5, 5.41) is 0. The Labute approximate surface area is 203 Å². The van der Waals surface area contributed by atoms with Crippen LogP contribution in [0, 0.1) is 0 Å². The molecule has 0 fully saturated rings. The number of ether oxygens (including phenoxy) is 5. The van der Waals surface area contributed by atoms with E-state index in [2.05, 4.69) is 0 Å². The van der Waals surface area contributed by atoms with E-state index < -0.39 is 17.7 Å². The Balaban J connectivity index is 1.89. The summed E-state index contributed by atoms with van der Waals surface area (Å²) in [5.41, 5.74) is 2.69. The number of carbonyl (C=O) groups excluding carboxylic acids is 2. The van der Waals surface area contributed by atoms with Crippen molar-refractivity contribution in [3.8, 4) is 11.5 Å². The van der Waals surface area contributed by atoms with Gasteiger partial charge < -0.3 is 23.7 Å². The van der Waals surface area contributed by atoms with E-state index in [0.717, 1.165) is 5.69 Å². The number of para-hydroxylation sites is 2. The first kappa shape index (κ1) is 22.8. The van der Waals surface area contributed by atoms with Crippen molar-refractivity contribution in [2.45, 2.75) is 33.4 Å². The second kappa shape index (κ2) is 8.37. The van der Waals surface area contributed by atoms with Crippen LogP contribution in [0.4, 0.5) is 5.69 Å². The first-order chi connectivity index (χ1) is 16.9. The lowest BCUT2D eigenvalue weighted by molar-refractivity contribution is -0.137. The van der Waals surface area contributed by atoms with Crippen molar-refractivity contribution in [3.05, 3.63) is 64.5 Å². The quantitative estimate of drug-likeness (QED) is 0.587. The number of hydrogen-bond acceptors (Lipinski definition) is 8. The van der Waals surface area contributed by atoms with Crippen molar-refractivity contribution in [2.75, 3.05) is 31.8 Å². The molecule has 0 saturated heterocycles. The molecule has 182 valence electrons. The lowest BCUT2D eigenvalue weighted by Gasteiger charge is -2.53. The van der Waals surface area contributed by atoms with E-state index in [1.165, 1.54) is 0 Å². The van der Waals surface area contributed by atoms with E-state index in [1.54, 1.807) is 40.0 Å². The third-order valence-corrected chi connectivity index (χ3v) is 6.50. The molecular weight excluding hydrogens is 450 g/mol. The first-order valence-electron chi connectivity index (χ1n) is 11.6. The highest BCUT2D eigenvalue weighted by Crippen LogP contribution is 2.57. The summed E-state index contributed by atoms with van der Waals surface area (Å²) < 4.78 is 29.2. The van der Waals surface area contributed by atoms with Gasteiger partial charge in [-0.3, -0.25) is 4.90 Å². The number of hydrogen-bond donors (Lipinski definition) is 0. The van der Waals surface area contributed by atoms with Gasteiger partial charge in [0.05, 0.1) is 31.6 Å². The fourth-order valence-corrected chi connectivity index (χ4v) is 5.23. The van der Waals surface area contributed by atoms with Crippen LogP contribution in [0.15, 0.2) is 47.9 Å². The molecule has 5 rings (SSSR count). The highest BCUT2D eigenvalue weighted by molar-refractivity contribution is 6.22. The van der Waals surface area contributed by atoms with Gasteiger partial charge in [0.25, 0.3) is 0 Å². The largest absolute Gasteiger partial charge is 0.497 e. The van der Waals surface area contributed by atoms with Crippen LogP contribution in [0.3, 0.4) is 0 Å². The van der Waals surface area contributed by atoms with Gasteiger partial charge in [-0.05, 0) is 52.0 Å². The molecular formula is C27H27NO7. The number of carbonyl (C=O) groups is 2. The minimum Gasteiger partial charge on any atom is -0.497 e. The standard InChI is InChI=1S/C27H27NO7/c1-6-32-25(29)22-15(3)28-20-10-8-9-11-21(20)34-14-27(28)24-18(22)12-17(31-5)13-19(24)23(16(4)35-27)26(30)33-7-2/h8-13H,6-7,14H2,1-5H3. The van der Waals surface area contributed by atoms with Crippen molar-refractivity contribution in [1.29, 1.82) is 0 Å². The number of methoxy groups -OCH3 is 1. The SMILES string of the molecule is CCOC(=O)C1=C(C)OC23COc4ccccc4N2C(C)=C(C(=O)OCC)c2cc(OC)cc1c23. The number of nitrogens with zero attached hydrogens (tertiary/aromatic N) is 1. The molecule has 0 saturated carbocycles. The average molecular weight is 478 g/mol. The van der Waals surface area contributed by atoms with Gasteiger partial charge in [0.1, 0.15) is 22.8 Å². The van der Waals surface area contributed by atoms with Gasteiger partial charge in [0.2, 0.25) is 5.72 Å². The topological polar surface area (TPSA) is 83.5 Å². The fraction of sp³-hybridized carbons (Fsp3) is 0.333. The predicted molar refractivity (Wildman–Crippen MR) is 129 cm³/mol. The molecule has 0 aliphatic carbocycles. The molecule has 1 atom stereocenters. The zero-order valence-electron chi connectivity index (χ0n) is 20.4. The number of benzene rings is 2. The van der Waals surface area contributed by atoms with Gasteiger partial charge in [-0.2, -0.15) is 0 Å². The molecule has 1 spiro atoms. The number of rotatable bonds is 5. The summed E-state index contributed by atoms with van der Waals surface area (Å²) in [6.07, 6.45) is 0. The Bertz CT molecular complexity index is 1310. The van der Waals surface area contributed by atoms with Crippen molar-refractivity contribution in [3.63, 3.8) is 0 Å². The second-order valence-electron chi connectivity index (χ2n) is 8.41. The van der Waals surface area contributed by atoms with Crippen LogP contribution in [0.25, 0.3) is 11.1 Å². The van der Waals surface area contributed by atoms with Crippen LogP contribution in [-0.2, 0) is 29.5 Å². The van der Waals surface area contributed by atoms with E-state index in [1.807, 2.05) is 36.1 Å². The average Bonchev–Trinajstić information content (AvgIpc) is 2.83. The third kappa shape index (κ3) is 3.20. The maximum Gasteiger partial charge on any atom is 0.342 e. The highest BCUT2D eigenvalue weighted by Gasteiger charge is 2.56. The van der Waals surface area contributed by atoms with Gasteiger partial charge in [0, 0.05) is 22.4 Å². The Hall–Kier alpha value is -3.94. The van der Waals surface area contributed by atoms with Crippen LogP contribution in [0.2, 0.25) is 0 Å². The van der Waals surface area contributed by atoms with Gasteiger partial charge in [-0.25, -0.2) is 9.59 Å². The molecule has 0 bridgehead atoms. The number of anilines is 1. The Morgan fingerprint density at radius 3 is 2.29 bits per heavy atom. The zero-order valence-corrected chi connectivity index (χ0v) is 20.4. The molecule has 0 aromatic heterocycles. The van der Waals surface area contributed by atoms with Crippen molar-refractivity contribution in [1.82, 2.24) is 0 Å². The minimum atomic E-state index is -1.15. The highest BCUT2D eigenvalue weighted by atomic mass is 16.6. The Kier molecular flexibility index (Phi) is 5.46. The van der Waals surface area contributed by atoms with Crippen LogP contribution in [-0.4, -0.2) is 38.9 Å². The summed E-state index contributed by atoms with van der Waals surface area (Å²) >= 11 is 0. The molecule has 2 aromatic carbocycles. The Morgan fingerprint density at radius 2 is 1.63 bits per heavy atom. The number of esters is 2. The smallest absolute Gasteiger partial charge is 0.342 e. The summed E-state index contributed by atoms with van der Waals surface area (Å²) in [5.74, 6) is 0.576. The molecule has 8 nitrogen and oxygen atoms in total. The molecule has 3 aliphatic rings. The number of allylic oxidation sites excluding steroid dienone is 2. The molecule has 35 heavy (non-hydrogen) atoms. The van der Waals surface area contributed by atoms with E-state index >= 15 is 0 Å². The number of fused-ring (bicyclic) bond motifs is 2. The van der Waals surface area contributed by atoms with E-state index in [9.17, 15) is 9.59 Å². The molecule has 1 unspecified atom stereocenters. The molecule has 0 N–H and O–H groups in total. The molecule has 3 heterocycles. The lowest BCUT2D eigenvalue weighted by Crippen LogP contribution is -2.58. The van der Waals surface area contributed by atoms with E-state index in [-0.39, 0.29) is 25.4 Å². The van der Waals surface area contributed by atoms with Crippen LogP contribution in [0.1, 0.15) is 44.4 Å². The maximum absolute atomic E-state index is 13.3. The van der Waals surface area contributed by atoms with Gasteiger partial charge in [0.15, 0.2) is 6.61 Å². The van der Waals surface area contributed by atoms with E-state index in [0.29, 0.717) is 45.2 Å². The lowest BCUT2D eigenvalue weighted by atomic mass is 9.78. The Morgan fingerprint density at radius 1 is 1.00 bits per heavy atom. The molecule has 0 amide bonds. The van der Waals surface area contributed by atoms with Crippen LogP contribution < -0.4 is 14.4 Å². The molecule has 0 radical (unpaired) electrons. The van der Waals surface area contributed by atoms with Crippen molar-refractivity contribution < 1.29 is 33.3 Å². The predicted octanol–water partition coefficient (Wildman–Crippen LogP) is 4.38. The summed E-state index contributed by atoms with van der Waals surface area (Å²) in [6.45, 7) is 7.68. The van der Waals surface area contributed by atoms with Gasteiger partial charge >= 0.3 is 11.9 Å². The van der Waals surface area contributed by atoms with E-state index in [4.69, 9.17) is 23.7 Å². The summed E-state index contributed by atoms with van der Waals surface area (Å²) in [4.78, 5) is 28.4. The maximum atomic E-state index is 13.3. The molecule has 2 aromatic rings. The summed E-state index contributed by atoms with van der Waals surface area (Å²) in [6, 6.07) is 11.1. The third-order valence-electron chi connectivity index (χ3n) is 6.50. The van der Waals surface area contributed by atoms with Gasteiger partial charge in [-0.1, -0.05) is 12.1 Å². The minimum absolute atomic E-state index is 0.136. The van der Waals surface area contributed by atoms with Crippen LogP contribution in [0.5, 0.6) is 11.5 Å².